The molecule has 0 aliphatic carbocycles. The number of likely N-dealkylation sites (tertiary alicyclic amines) is 1. The van der Waals surface area contributed by atoms with Crippen molar-refractivity contribution in [2.45, 2.75) is 18.9 Å². The molecule has 0 bridgehead atoms. The normalized spacial score (nSPS) is 20.2. The van der Waals surface area contributed by atoms with Crippen LogP contribution in [0.2, 0.25) is 0 Å². The summed E-state index contributed by atoms with van der Waals surface area (Å²) in [5, 5.41) is 3.28. The van der Waals surface area contributed by atoms with Crippen LogP contribution in [0, 0.1) is 0 Å². The van der Waals surface area contributed by atoms with Crippen molar-refractivity contribution < 1.29 is 4.79 Å². The van der Waals surface area contributed by atoms with Gasteiger partial charge in [-0.1, -0.05) is 6.07 Å². The molecule has 1 aromatic rings. The van der Waals surface area contributed by atoms with Crippen LogP contribution in [0.25, 0.3) is 0 Å². The van der Waals surface area contributed by atoms with E-state index < -0.39 is 0 Å². The number of piperidine rings is 1. The largest absolute Gasteiger partial charge is 0.316 e. The molecule has 2 heterocycles. The van der Waals surface area contributed by atoms with Crippen molar-refractivity contribution in [1.82, 2.24) is 15.2 Å². The van der Waals surface area contributed by atoms with Crippen LogP contribution in [0.1, 0.15) is 23.3 Å². The molecule has 1 saturated heterocycles. The first-order chi connectivity index (χ1) is 8.29. The van der Waals surface area contributed by atoms with Crippen LogP contribution in [-0.4, -0.2) is 48.4 Å². The lowest BCUT2D eigenvalue weighted by Crippen LogP contribution is -2.46. The Bertz CT molecular complexity index is 372. The second kappa shape index (κ2) is 7.46. The quantitative estimate of drug-likeness (QED) is 0.839. The third-order valence-electron chi connectivity index (χ3n) is 3.23. The van der Waals surface area contributed by atoms with Crippen LogP contribution >= 0.6 is 12.4 Å². The summed E-state index contributed by atoms with van der Waals surface area (Å²) in [4.78, 5) is 18.3. The summed E-state index contributed by atoms with van der Waals surface area (Å²) in [5.41, 5.74) is 0.569. The number of rotatable bonds is 4. The maximum atomic E-state index is 12.0. The minimum atomic E-state index is 0. The number of nitrogens with zero attached hydrogens (tertiary/aromatic N) is 2. The van der Waals surface area contributed by atoms with E-state index in [1.54, 1.807) is 12.3 Å². The predicted molar refractivity (Wildman–Crippen MR) is 74.3 cm³/mol. The lowest BCUT2D eigenvalue weighted by molar-refractivity contribution is 0.0897. The van der Waals surface area contributed by atoms with Crippen LogP contribution in [0.4, 0.5) is 0 Å². The van der Waals surface area contributed by atoms with Crippen LogP contribution < -0.4 is 5.32 Å². The molecule has 0 saturated carbocycles. The number of hydrogen-bond donors (Lipinski definition) is 1. The lowest BCUT2D eigenvalue weighted by Gasteiger charge is -2.31. The molecule has 1 aliphatic rings. The second-order valence-electron chi connectivity index (χ2n) is 4.50. The van der Waals surface area contributed by atoms with Gasteiger partial charge in [-0.05, 0) is 38.6 Å². The van der Waals surface area contributed by atoms with Crippen molar-refractivity contribution in [3.63, 3.8) is 0 Å². The maximum Gasteiger partial charge on any atom is 0.195 e. The van der Waals surface area contributed by atoms with E-state index in [2.05, 4.69) is 15.2 Å². The topological polar surface area (TPSA) is 45.2 Å². The molecule has 1 unspecified atom stereocenters. The van der Waals surface area contributed by atoms with E-state index in [1.807, 2.05) is 19.2 Å². The number of nitrogens with one attached hydrogen (secondary N) is 1. The Morgan fingerprint density at radius 2 is 2.39 bits per heavy atom. The van der Waals surface area contributed by atoms with E-state index in [4.69, 9.17) is 0 Å². The summed E-state index contributed by atoms with van der Waals surface area (Å²) >= 11 is 0. The summed E-state index contributed by atoms with van der Waals surface area (Å²) in [7, 11) is 1.98. The highest BCUT2D eigenvalue weighted by atomic mass is 35.5. The summed E-state index contributed by atoms with van der Waals surface area (Å²) in [6, 6.07) is 5.98. The Morgan fingerprint density at radius 3 is 3.06 bits per heavy atom. The molecular weight excluding hydrogens is 250 g/mol. The smallest absolute Gasteiger partial charge is 0.195 e. The third kappa shape index (κ3) is 4.05. The fourth-order valence-corrected chi connectivity index (χ4v) is 2.25. The van der Waals surface area contributed by atoms with Crippen molar-refractivity contribution in [1.29, 1.82) is 0 Å². The average molecular weight is 270 g/mol. The van der Waals surface area contributed by atoms with Crippen LogP contribution in [0.5, 0.6) is 0 Å². The molecule has 1 aromatic heterocycles. The Kier molecular flexibility index (Phi) is 6.25. The summed E-state index contributed by atoms with van der Waals surface area (Å²) < 4.78 is 0. The van der Waals surface area contributed by atoms with E-state index in [0.29, 0.717) is 18.3 Å². The fraction of sp³-hybridized carbons (Fsp3) is 0.538. The average Bonchev–Trinajstić information content (AvgIpc) is 2.40. The molecule has 1 atom stereocenters. The number of carbonyl (C=O) groups is 1. The van der Waals surface area contributed by atoms with Crippen LogP contribution in [-0.2, 0) is 0 Å². The van der Waals surface area contributed by atoms with Crippen LogP contribution in [0.15, 0.2) is 24.4 Å². The Balaban J connectivity index is 0.00000162. The van der Waals surface area contributed by atoms with Gasteiger partial charge in [-0.2, -0.15) is 0 Å². The number of pyridine rings is 1. The molecule has 2 rings (SSSR count). The van der Waals surface area contributed by atoms with Gasteiger partial charge < -0.3 is 5.32 Å². The minimum absolute atomic E-state index is 0. The van der Waals surface area contributed by atoms with Gasteiger partial charge in [0.15, 0.2) is 5.78 Å². The molecular formula is C13H20ClN3O. The first kappa shape index (κ1) is 15.1. The van der Waals surface area contributed by atoms with Gasteiger partial charge in [-0.25, -0.2) is 0 Å². The number of aromatic nitrogens is 1. The fourth-order valence-electron chi connectivity index (χ4n) is 2.25. The molecule has 1 aliphatic heterocycles. The van der Waals surface area contributed by atoms with Gasteiger partial charge in [-0.3, -0.25) is 14.7 Å². The molecule has 0 radical (unpaired) electrons. The monoisotopic (exact) mass is 269 g/mol. The van der Waals surface area contributed by atoms with Crippen LogP contribution in [0.3, 0.4) is 0 Å². The molecule has 4 nitrogen and oxygen atoms in total. The number of likely N-dealkylation sites (N-methyl/N-ethyl adjacent to an activating group) is 1. The molecule has 0 spiro atoms. The first-order valence-corrected chi connectivity index (χ1v) is 6.13. The highest BCUT2D eigenvalue weighted by Gasteiger charge is 2.20. The molecule has 1 fully saturated rings. The van der Waals surface area contributed by atoms with Gasteiger partial charge in [-0.15, -0.1) is 12.4 Å². The molecule has 100 valence electrons. The molecule has 5 heteroatoms. The van der Waals surface area contributed by atoms with E-state index in [0.717, 1.165) is 19.5 Å². The zero-order chi connectivity index (χ0) is 12.1. The SMILES string of the molecule is CNC1CCCN(CC(=O)c2ccccn2)C1.Cl. The van der Waals surface area contributed by atoms with Gasteiger partial charge >= 0.3 is 0 Å². The highest BCUT2D eigenvalue weighted by Crippen LogP contribution is 2.10. The van der Waals surface area contributed by atoms with Gasteiger partial charge in [0.2, 0.25) is 0 Å². The van der Waals surface area contributed by atoms with Crippen molar-refractivity contribution in [3.8, 4) is 0 Å². The summed E-state index contributed by atoms with van der Waals surface area (Å²) in [6.07, 6.45) is 4.02. The van der Waals surface area contributed by atoms with E-state index >= 15 is 0 Å². The molecule has 0 amide bonds. The minimum Gasteiger partial charge on any atom is -0.316 e. The predicted octanol–water partition coefficient (Wildman–Crippen LogP) is 1.37. The van der Waals surface area contributed by atoms with E-state index in [-0.39, 0.29) is 18.2 Å². The zero-order valence-corrected chi connectivity index (χ0v) is 11.4. The van der Waals surface area contributed by atoms with Gasteiger partial charge in [0, 0.05) is 18.8 Å². The maximum absolute atomic E-state index is 12.0. The Hall–Kier alpha value is -0.970. The molecule has 18 heavy (non-hydrogen) atoms. The zero-order valence-electron chi connectivity index (χ0n) is 10.6. The Morgan fingerprint density at radius 1 is 1.56 bits per heavy atom. The third-order valence-corrected chi connectivity index (χ3v) is 3.23. The Labute approximate surface area is 114 Å². The number of hydrogen-bond acceptors (Lipinski definition) is 4. The first-order valence-electron chi connectivity index (χ1n) is 6.13. The van der Waals surface area contributed by atoms with Gasteiger partial charge in [0.05, 0.1) is 6.54 Å². The standard InChI is InChI=1S/C13H19N3O.ClH/c1-14-11-5-4-8-16(9-11)10-13(17)12-6-2-3-7-15-12;/h2-3,6-7,11,14H,4-5,8-10H2,1H3;1H. The number of Topliss-reactive ketones (excluding diaryl/α,β-unsaturated/α-hetero) is 1. The number of ketones is 1. The van der Waals surface area contributed by atoms with Crippen molar-refractivity contribution in [3.05, 3.63) is 30.1 Å². The van der Waals surface area contributed by atoms with Crippen molar-refractivity contribution in [2.24, 2.45) is 0 Å². The molecule has 0 aromatic carbocycles. The van der Waals surface area contributed by atoms with E-state index in [9.17, 15) is 4.79 Å². The van der Waals surface area contributed by atoms with Crippen molar-refractivity contribution in [2.75, 3.05) is 26.7 Å². The number of carbonyl (C=O) groups excluding carboxylic acids is 1. The van der Waals surface area contributed by atoms with Crippen molar-refractivity contribution >= 4 is 18.2 Å². The summed E-state index contributed by atoms with van der Waals surface area (Å²) in [6.45, 7) is 2.45. The van der Waals surface area contributed by atoms with Gasteiger partial charge in [0.1, 0.15) is 5.69 Å². The highest BCUT2D eigenvalue weighted by molar-refractivity contribution is 5.95. The lowest BCUT2D eigenvalue weighted by atomic mass is 10.1. The molecule has 1 N–H and O–H groups in total. The van der Waals surface area contributed by atoms with Gasteiger partial charge in [0.25, 0.3) is 0 Å². The number of halogens is 1. The second-order valence-corrected chi connectivity index (χ2v) is 4.50. The van der Waals surface area contributed by atoms with E-state index in [1.165, 1.54) is 6.42 Å². The summed E-state index contributed by atoms with van der Waals surface area (Å²) in [5.74, 6) is 0.113.